The number of amidine groups is 1. The molecule has 106 valence electrons. The van der Waals surface area contributed by atoms with Crippen molar-refractivity contribution in [2.75, 3.05) is 6.61 Å². The minimum atomic E-state index is -0.420. The number of hydrogen-bond acceptors (Lipinski definition) is 4. The van der Waals surface area contributed by atoms with Crippen LogP contribution in [0.15, 0.2) is 28.2 Å². The summed E-state index contributed by atoms with van der Waals surface area (Å²) in [7, 11) is 0. The molecule has 2 rings (SSSR count). The second kappa shape index (κ2) is 6.61. The maximum Gasteiger partial charge on any atom is 0.325 e. The Kier molecular flexibility index (Phi) is 5.07. The van der Waals surface area contributed by atoms with Crippen molar-refractivity contribution in [1.29, 1.82) is 0 Å². The molecule has 0 fully saturated rings. The molecule has 0 aliphatic carbocycles. The van der Waals surface area contributed by atoms with E-state index in [2.05, 4.69) is 9.98 Å². The van der Waals surface area contributed by atoms with E-state index in [0.717, 1.165) is 0 Å². The summed E-state index contributed by atoms with van der Waals surface area (Å²) >= 11 is 13.0. The number of esters is 1. The molecule has 1 aliphatic rings. The standard InChI is InChI=1S/C13H12Cl2N2O2S/c1-3-19-12(18)11-7(2)16-13(20-11)17-8-4-5-9(14)10(15)6-8/h4-6,11H,3H2,1-2H3. The molecule has 1 atom stereocenters. The lowest BCUT2D eigenvalue weighted by atomic mass is 10.3. The third kappa shape index (κ3) is 3.53. The lowest BCUT2D eigenvalue weighted by Gasteiger charge is -2.07. The van der Waals surface area contributed by atoms with Gasteiger partial charge in [0.25, 0.3) is 0 Å². The van der Waals surface area contributed by atoms with Gasteiger partial charge in [-0.05, 0) is 32.0 Å². The average molecular weight is 331 g/mol. The predicted molar refractivity (Wildman–Crippen MR) is 84.7 cm³/mol. The molecule has 0 amide bonds. The average Bonchev–Trinajstić information content (AvgIpc) is 2.75. The number of carbonyl (C=O) groups is 1. The molecule has 0 spiro atoms. The van der Waals surface area contributed by atoms with E-state index < -0.39 is 5.25 Å². The molecule has 1 aromatic carbocycles. The monoisotopic (exact) mass is 330 g/mol. The molecule has 1 aliphatic heterocycles. The van der Waals surface area contributed by atoms with E-state index in [0.29, 0.717) is 33.2 Å². The SMILES string of the molecule is CCOC(=O)C1SC(=Nc2ccc(Cl)c(Cl)c2)N=C1C. The number of benzene rings is 1. The summed E-state index contributed by atoms with van der Waals surface area (Å²) in [5.41, 5.74) is 1.33. The van der Waals surface area contributed by atoms with Crippen LogP contribution in [0.25, 0.3) is 0 Å². The van der Waals surface area contributed by atoms with Crippen molar-refractivity contribution in [3.63, 3.8) is 0 Å². The summed E-state index contributed by atoms with van der Waals surface area (Å²) in [4.78, 5) is 20.4. The number of ether oxygens (including phenoxy) is 1. The van der Waals surface area contributed by atoms with Crippen molar-refractivity contribution in [2.45, 2.75) is 19.1 Å². The number of halogens is 2. The van der Waals surface area contributed by atoms with Crippen LogP contribution in [0.1, 0.15) is 13.8 Å². The van der Waals surface area contributed by atoms with Gasteiger partial charge in [0.15, 0.2) is 5.17 Å². The minimum Gasteiger partial charge on any atom is -0.465 e. The first kappa shape index (κ1) is 15.4. The molecule has 4 nitrogen and oxygen atoms in total. The molecule has 0 radical (unpaired) electrons. The Hall–Kier alpha value is -1.04. The van der Waals surface area contributed by atoms with Gasteiger partial charge in [0, 0.05) is 5.71 Å². The van der Waals surface area contributed by atoms with Crippen LogP contribution >= 0.6 is 35.0 Å². The normalized spacial score (nSPS) is 20.1. The van der Waals surface area contributed by atoms with E-state index in [1.54, 1.807) is 32.0 Å². The van der Waals surface area contributed by atoms with Gasteiger partial charge in [-0.25, -0.2) is 9.98 Å². The van der Waals surface area contributed by atoms with Crippen LogP contribution in [-0.2, 0) is 9.53 Å². The van der Waals surface area contributed by atoms with Crippen molar-refractivity contribution in [3.8, 4) is 0 Å². The Balaban J connectivity index is 2.17. The molecule has 0 saturated heterocycles. The molecule has 1 unspecified atom stereocenters. The van der Waals surface area contributed by atoms with Crippen LogP contribution in [0.5, 0.6) is 0 Å². The summed E-state index contributed by atoms with van der Waals surface area (Å²) in [5.74, 6) is -0.293. The quantitative estimate of drug-likeness (QED) is 0.783. The summed E-state index contributed by atoms with van der Waals surface area (Å²) in [6, 6.07) is 5.06. The van der Waals surface area contributed by atoms with Crippen molar-refractivity contribution < 1.29 is 9.53 Å². The third-order valence-electron chi connectivity index (χ3n) is 2.50. The van der Waals surface area contributed by atoms with Crippen molar-refractivity contribution in [3.05, 3.63) is 28.2 Å². The zero-order valence-corrected chi connectivity index (χ0v) is 13.2. The van der Waals surface area contributed by atoms with E-state index in [9.17, 15) is 4.79 Å². The molecule has 1 heterocycles. The van der Waals surface area contributed by atoms with Crippen LogP contribution in [-0.4, -0.2) is 28.7 Å². The number of carbonyl (C=O) groups excluding carboxylic acids is 1. The zero-order valence-electron chi connectivity index (χ0n) is 10.9. The van der Waals surface area contributed by atoms with Gasteiger partial charge in [0.2, 0.25) is 0 Å². The van der Waals surface area contributed by atoms with Gasteiger partial charge in [-0.1, -0.05) is 35.0 Å². The fourth-order valence-corrected chi connectivity index (χ4v) is 2.83. The van der Waals surface area contributed by atoms with Gasteiger partial charge in [0.05, 0.1) is 22.3 Å². The first-order valence-electron chi connectivity index (χ1n) is 5.93. The van der Waals surface area contributed by atoms with E-state index in [1.165, 1.54) is 11.8 Å². The van der Waals surface area contributed by atoms with Gasteiger partial charge in [0.1, 0.15) is 5.25 Å². The number of nitrogens with zero attached hydrogens (tertiary/aromatic N) is 2. The number of aliphatic imine (C=N–C) groups is 2. The predicted octanol–water partition coefficient (Wildman–Crippen LogP) is 4.12. The zero-order chi connectivity index (χ0) is 14.7. The van der Waals surface area contributed by atoms with Crippen LogP contribution in [0, 0.1) is 0 Å². The highest BCUT2D eigenvalue weighted by Gasteiger charge is 2.31. The topological polar surface area (TPSA) is 51.0 Å². The molecule has 0 N–H and O–H groups in total. The minimum absolute atomic E-state index is 0.293. The Bertz CT molecular complexity index is 602. The van der Waals surface area contributed by atoms with Gasteiger partial charge < -0.3 is 4.74 Å². The van der Waals surface area contributed by atoms with Crippen LogP contribution in [0.4, 0.5) is 5.69 Å². The lowest BCUT2D eigenvalue weighted by molar-refractivity contribution is -0.141. The van der Waals surface area contributed by atoms with Crippen molar-refractivity contribution in [1.82, 2.24) is 0 Å². The summed E-state index contributed by atoms with van der Waals surface area (Å²) in [6.07, 6.45) is 0. The molecule has 7 heteroatoms. The number of thioether (sulfide) groups is 1. The Morgan fingerprint density at radius 2 is 2.20 bits per heavy atom. The molecular formula is C13H12Cl2N2O2S. The maximum absolute atomic E-state index is 11.7. The second-order valence-corrected chi connectivity index (χ2v) is 5.88. The van der Waals surface area contributed by atoms with Crippen LogP contribution in [0.2, 0.25) is 10.0 Å². The first-order chi connectivity index (χ1) is 9.51. The van der Waals surface area contributed by atoms with Crippen molar-refractivity contribution >= 4 is 57.5 Å². The van der Waals surface area contributed by atoms with Gasteiger partial charge in [-0.15, -0.1) is 0 Å². The van der Waals surface area contributed by atoms with Gasteiger partial charge in [-0.3, -0.25) is 4.79 Å². The second-order valence-electron chi connectivity index (χ2n) is 4.00. The molecule has 0 saturated carbocycles. The van der Waals surface area contributed by atoms with E-state index >= 15 is 0 Å². The molecule has 1 aromatic rings. The highest BCUT2D eigenvalue weighted by Crippen LogP contribution is 2.30. The first-order valence-corrected chi connectivity index (χ1v) is 7.57. The van der Waals surface area contributed by atoms with Gasteiger partial charge in [-0.2, -0.15) is 0 Å². The Labute approximate surface area is 131 Å². The van der Waals surface area contributed by atoms with Gasteiger partial charge >= 0.3 is 5.97 Å². The maximum atomic E-state index is 11.7. The highest BCUT2D eigenvalue weighted by molar-refractivity contribution is 8.16. The molecule has 20 heavy (non-hydrogen) atoms. The highest BCUT2D eigenvalue weighted by atomic mass is 35.5. The molecule has 0 aromatic heterocycles. The fraction of sp³-hybridized carbons (Fsp3) is 0.308. The van der Waals surface area contributed by atoms with E-state index in [-0.39, 0.29) is 5.97 Å². The Morgan fingerprint density at radius 1 is 1.45 bits per heavy atom. The van der Waals surface area contributed by atoms with Crippen molar-refractivity contribution in [2.24, 2.45) is 9.98 Å². The summed E-state index contributed by atoms with van der Waals surface area (Å²) < 4.78 is 5.00. The smallest absolute Gasteiger partial charge is 0.325 e. The Morgan fingerprint density at radius 3 is 2.85 bits per heavy atom. The number of hydrogen-bond donors (Lipinski definition) is 0. The third-order valence-corrected chi connectivity index (χ3v) is 4.40. The summed E-state index contributed by atoms with van der Waals surface area (Å²) in [5, 5.41) is 0.994. The largest absolute Gasteiger partial charge is 0.465 e. The molecule has 0 bridgehead atoms. The lowest BCUT2D eigenvalue weighted by Crippen LogP contribution is -2.24. The van der Waals surface area contributed by atoms with E-state index in [4.69, 9.17) is 27.9 Å². The summed E-state index contributed by atoms with van der Waals surface area (Å²) in [6.45, 7) is 3.91. The van der Waals surface area contributed by atoms with E-state index in [1.807, 2.05) is 0 Å². The van der Waals surface area contributed by atoms with Crippen LogP contribution in [0.3, 0.4) is 0 Å². The fourth-order valence-electron chi connectivity index (χ4n) is 1.58. The number of rotatable bonds is 3. The molecular weight excluding hydrogens is 319 g/mol. The van der Waals surface area contributed by atoms with Crippen LogP contribution < -0.4 is 0 Å².